The van der Waals surface area contributed by atoms with Crippen LogP contribution in [0.3, 0.4) is 0 Å². The molecule has 22 heavy (non-hydrogen) atoms. The van der Waals surface area contributed by atoms with Gasteiger partial charge in [-0.15, -0.1) is 12.4 Å². The highest BCUT2D eigenvalue weighted by atomic mass is 35.5. The number of carbonyl (C=O) groups excluding carboxylic acids is 1. The Morgan fingerprint density at radius 2 is 2.05 bits per heavy atom. The molecule has 1 amide bonds. The third-order valence-corrected chi connectivity index (χ3v) is 4.13. The number of carbonyl (C=O) groups is 1. The number of ether oxygens (including phenoxy) is 2. The number of rotatable bonds is 5. The number of hydrogen-bond acceptors (Lipinski definition) is 4. The summed E-state index contributed by atoms with van der Waals surface area (Å²) in [7, 11) is 3.18. The Hall–Kier alpha value is -1.01. The number of methoxy groups -OCH3 is 2. The maximum Gasteiger partial charge on any atom is 0.252 e. The average Bonchev–Trinajstić information content (AvgIpc) is 2.53. The highest BCUT2D eigenvalue weighted by Gasteiger charge is 2.39. The highest BCUT2D eigenvalue weighted by molar-refractivity contribution is 6.30. The maximum absolute atomic E-state index is 12.5. The molecule has 0 aliphatic carbocycles. The first-order chi connectivity index (χ1) is 10.1. The fraction of sp³-hybridized carbons (Fsp3) is 0.533. The van der Waals surface area contributed by atoms with Gasteiger partial charge in [-0.05, 0) is 44.1 Å². The Labute approximate surface area is 142 Å². The van der Waals surface area contributed by atoms with Crippen LogP contribution in [0.15, 0.2) is 18.2 Å². The average molecular weight is 349 g/mol. The lowest BCUT2D eigenvalue weighted by atomic mass is 9.91. The smallest absolute Gasteiger partial charge is 0.252 e. The van der Waals surface area contributed by atoms with Gasteiger partial charge in [-0.3, -0.25) is 4.79 Å². The third kappa shape index (κ3) is 4.26. The summed E-state index contributed by atoms with van der Waals surface area (Å²) in [6, 6.07) is 5.35. The predicted octanol–water partition coefficient (Wildman–Crippen LogP) is 2.16. The van der Waals surface area contributed by atoms with Crippen molar-refractivity contribution in [3.63, 3.8) is 0 Å². The van der Waals surface area contributed by atoms with Crippen molar-refractivity contribution in [3.8, 4) is 5.75 Å². The van der Waals surface area contributed by atoms with E-state index < -0.39 is 5.60 Å². The van der Waals surface area contributed by atoms with Crippen molar-refractivity contribution in [1.29, 1.82) is 0 Å². The predicted molar refractivity (Wildman–Crippen MR) is 88.9 cm³/mol. The fourth-order valence-electron chi connectivity index (χ4n) is 2.58. The molecule has 1 heterocycles. The Kier molecular flexibility index (Phi) is 7.42. The van der Waals surface area contributed by atoms with Crippen molar-refractivity contribution in [2.24, 2.45) is 0 Å². The highest BCUT2D eigenvalue weighted by Crippen LogP contribution is 2.25. The molecule has 1 saturated heterocycles. The minimum Gasteiger partial charge on any atom is -0.496 e. The molecule has 0 unspecified atom stereocenters. The minimum atomic E-state index is -0.739. The quantitative estimate of drug-likeness (QED) is 0.855. The Morgan fingerprint density at radius 3 is 2.64 bits per heavy atom. The number of hydrogen-bond donors (Lipinski definition) is 2. The molecule has 2 N–H and O–H groups in total. The molecule has 0 aromatic heterocycles. The maximum atomic E-state index is 12.5. The summed E-state index contributed by atoms with van der Waals surface area (Å²) >= 11 is 5.99. The van der Waals surface area contributed by atoms with Gasteiger partial charge in [0.2, 0.25) is 0 Å². The minimum absolute atomic E-state index is 0. The summed E-state index contributed by atoms with van der Waals surface area (Å²) in [4.78, 5) is 12.5. The van der Waals surface area contributed by atoms with E-state index in [1.807, 2.05) is 0 Å². The summed E-state index contributed by atoms with van der Waals surface area (Å²) in [5, 5.41) is 6.78. The Morgan fingerprint density at radius 1 is 1.36 bits per heavy atom. The molecule has 2 rings (SSSR count). The topological polar surface area (TPSA) is 59.6 Å². The van der Waals surface area contributed by atoms with Crippen LogP contribution in [0, 0.1) is 0 Å². The molecule has 5 nitrogen and oxygen atoms in total. The Balaban J connectivity index is 0.00000242. The molecule has 1 aliphatic rings. The van der Waals surface area contributed by atoms with Crippen LogP contribution in [0.1, 0.15) is 18.4 Å². The van der Waals surface area contributed by atoms with Gasteiger partial charge in [0.25, 0.3) is 5.91 Å². The van der Waals surface area contributed by atoms with Crippen molar-refractivity contribution in [1.82, 2.24) is 10.6 Å². The summed E-state index contributed by atoms with van der Waals surface area (Å²) in [6.07, 6.45) is 1.34. The van der Waals surface area contributed by atoms with E-state index in [0.29, 0.717) is 30.2 Å². The van der Waals surface area contributed by atoms with E-state index in [9.17, 15) is 4.79 Å². The lowest BCUT2D eigenvalue weighted by Crippen LogP contribution is -2.53. The number of amides is 1. The van der Waals surface area contributed by atoms with Crippen LogP contribution in [0.2, 0.25) is 5.02 Å². The van der Waals surface area contributed by atoms with Crippen LogP contribution in [-0.4, -0.2) is 38.8 Å². The molecule has 1 aromatic rings. The number of halogens is 2. The molecule has 0 atom stereocenters. The summed E-state index contributed by atoms with van der Waals surface area (Å²) in [5.74, 6) is 0.616. The molecule has 7 heteroatoms. The van der Waals surface area contributed by atoms with E-state index in [-0.39, 0.29) is 18.3 Å². The number of nitrogens with one attached hydrogen (secondary N) is 2. The Bertz CT molecular complexity index is 506. The first-order valence-corrected chi connectivity index (χ1v) is 7.36. The first-order valence-electron chi connectivity index (χ1n) is 6.98. The van der Waals surface area contributed by atoms with Gasteiger partial charge in [-0.25, -0.2) is 0 Å². The lowest BCUT2D eigenvalue weighted by Gasteiger charge is -2.34. The monoisotopic (exact) mass is 348 g/mol. The zero-order valence-electron chi connectivity index (χ0n) is 12.8. The van der Waals surface area contributed by atoms with Gasteiger partial charge in [-0.2, -0.15) is 0 Å². The molecule has 0 bridgehead atoms. The largest absolute Gasteiger partial charge is 0.496 e. The van der Waals surface area contributed by atoms with Crippen molar-refractivity contribution < 1.29 is 14.3 Å². The van der Waals surface area contributed by atoms with Crippen LogP contribution in [0.5, 0.6) is 5.75 Å². The van der Waals surface area contributed by atoms with Crippen LogP contribution >= 0.6 is 24.0 Å². The fourth-order valence-corrected chi connectivity index (χ4v) is 2.77. The second kappa shape index (κ2) is 8.58. The zero-order chi connectivity index (χ0) is 15.3. The van der Waals surface area contributed by atoms with Gasteiger partial charge < -0.3 is 20.1 Å². The molecular weight excluding hydrogens is 327 g/mol. The van der Waals surface area contributed by atoms with Gasteiger partial charge in [-0.1, -0.05) is 11.6 Å². The van der Waals surface area contributed by atoms with Gasteiger partial charge in [0.1, 0.15) is 11.4 Å². The van der Waals surface area contributed by atoms with E-state index in [0.717, 1.165) is 18.7 Å². The van der Waals surface area contributed by atoms with Gasteiger partial charge >= 0.3 is 0 Å². The summed E-state index contributed by atoms with van der Waals surface area (Å²) in [6.45, 7) is 1.92. The van der Waals surface area contributed by atoms with Crippen molar-refractivity contribution in [3.05, 3.63) is 28.8 Å². The van der Waals surface area contributed by atoms with Crippen molar-refractivity contribution in [2.75, 3.05) is 27.3 Å². The van der Waals surface area contributed by atoms with E-state index in [1.54, 1.807) is 32.4 Å². The van der Waals surface area contributed by atoms with Gasteiger partial charge in [0, 0.05) is 24.2 Å². The van der Waals surface area contributed by atoms with E-state index in [4.69, 9.17) is 21.1 Å². The second-order valence-corrected chi connectivity index (χ2v) is 5.52. The number of benzene rings is 1. The van der Waals surface area contributed by atoms with Crippen LogP contribution in [0.25, 0.3) is 0 Å². The molecule has 1 fully saturated rings. The zero-order valence-corrected chi connectivity index (χ0v) is 14.4. The van der Waals surface area contributed by atoms with E-state index in [1.165, 1.54) is 0 Å². The molecule has 124 valence electrons. The molecule has 1 aliphatic heterocycles. The first kappa shape index (κ1) is 19.0. The van der Waals surface area contributed by atoms with Crippen molar-refractivity contribution >= 4 is 29.9 Å². The summed E-state index contributed by atoms with van der Waals surface area (Å²) in [5.41, 5.74) is 0.107. The van der Waals surface area contributed by atoms with Crippen LogP contribution in [-0.2, 0) is 16.1 Å². The third-order valence-electron chi connectivity index (χ3n) is 3.90. The molecule has 0 saturated carbocycles. The van der Waals surface area contributed by atoms with Crippen LogP contribution < -0.4 is 15.4 Å². The van der Waals surface area contributed by atoms with Gasteiger partial charge in [0.05, 0.1) is 7.11 Å². The summed E-state index contributed by atoms with van der Waals surface area (Å²) < 4.78 is 10.8. The molecular formula is C15H22Cl2N2O3. The van der Waals surface area contributed by atoms with Crippen LogP contribution in [0.4, 0.5) is 0 Å². The van der Waals surface area contributed by atoms with Gasteiger partial charge in [0.15, 0.2) is 0 Å². The second-order valence-electron chi connectivity index (χ2n) is 5.09. The SMILES string of the molecule is COc1ccc(Cl)cc1CNC(=O)C1(OC)CCNCC1.Cl. The molecule has 1 aromatic carbocycles. The molecule has 0 spiro atoms. The normalized spacial score (nSPS) is 16.5. The molecule has 0 radical (unpaired) electrons. The standard InChI is InChI=1S/C15H21ClN2O3.ClH/c1-20-13-4-3-12(16)9-11(13)10-18-14(19)15(21-2)5-7-17-8-6-15;/h3-4,9,17H,5-8,10H2,1-2H3,(H,18,19);1H. The van der Waals surface area contributed by atoms with E-state index in [2.05, 4.69) is 10.6 Å². The lowest BCUT2D eigenvalue weighted by molar-refractivity contribution is -0.146. The van der Waals surface area contributed by atoms with E-state index >= 15 is 0 Å². The van der Waals surface area contributed by atoms with Crippen molar-refractivity contribution in [2.45, 2.75) is 25.0 Å². The number of piperidine rings is 1.